The lowest BCUT2D eigenvalue weighted by Crippen LogP contribution is -2.37. The minimum absolute atomic E-state index is 0.122. The van der Waals surface area contributed by atoms with E-state index >= 15 is 0 Å². The van der Waals surface area contributed by atoms with Crippen LogP contribution in [-0.4, -0.2) is 56.2 Å². The molecule has 1 atom stereocenters. The predicted molar refractivity (Wildman–Crippen MR) is 110 cm³/mol. The van der Waals surface area contributed by atoms with E-state index in [2.05, 4.69) is 17.0 Å². The van der Waals surface area contributed by atoms with Crippen molar-refractivity contribution in [3.05, 3.63) is 53.6 Å². The normalized spacial score (nSPS) is 18.5. The molecule has 2 aromatic rings. The highest BCUT2D eigenvalue weighted by atomic mass is 16.6. The zero-order valence-electron chi connectivity index (χ0n) is 17.1. The summed E-state index contributed by atoms with van der Waals surface area (Å²) in [5, 5.41) is 0. The van der Waals surface area contributed by atoms with Gasteiger partial charge in [0, 0.05) is 19.6 Å². The number of hydrogen-bond donors (Lipinski definition) is 0. The highest BCUT2D eigenvalue weighted by molar-refractivity contribution is 5.78. The van der Waals surface area contributed by atoms with E-state index in [1.807, 2.05) is 37.4 Å². The number of nitrogens with zero attached hydrogens (tertiary/aromatic N) is 2. The highest BCUT2D eigenvalue weighted by Gasteiger charge is 2.29. The molecule has 0 saturated carbocycles. The van der Waals surface area contributed by atoms with E-state index in [0.29, 0.717) is 26.3 Å². The van der Waals surface area contributed by atoms with E-state index in [4.69, 9.17) is 14.2 Å². The highest BCUT2D eigenvalue weighted by Crippen LogP contribution is 2.38. The standard InChI is InChI=1S/C23H28N2O4/c1-24(15-17-5-3-6-19(13-17)27-2)23(26)16-25-10-4-7-20(25)18-8-9-21-22(14-18)29-12-11-28-21/h3,5-6,8-9,13-14,20H,4,7,10-12,15-16H2,1-2H3. The summed E-state index contributed by atoms with van der Waals surface area (Å²) >= 11 is 0. The van der Waals surface area contributed by atoms with Gasteiger partial charge in [-0.3, -0.25) is 9.69 Å². The zero-order valence-corrected chi connectivity index (χ0v) is 17.1. The van der Waals surface area contributed by atoms with Crippen molar-refractivity contribution < 1.29 is 19.0 Å². The smallest absolute Gasteiger partial charge is 0.236 e. The number of methoxy groups -OCH3 is 1. The van der Waals surface area contributed by atoms with Gasteiger partial charge in [-0.05, 0) is 54.8 Å². The number of amides is 1. The van der Waals surface area contributed by atoms with Gasteiger partial charge >= 0.3 is 0 Å². The molecule has 1 amide bonds. The fourth-order valence-electron chi connectivity index (χ4n) is 4.09. The summed E-state index contributed by atoms with van der Waals surface area (Å²) in [6.45, 7) is 3.09. The Hall–Kier alpha value is -2.73. The molecule has 1 saturated heterocycles. The number of ether oxygens (including phenoxy) is 3. The first-order chi connectivity index (χ1) is 14.1. The van der Waals surface area contributed by atoms with Gasteiger partial charge in [0.1, 0.15) is 19.0 Å². The minimum Gasteiger partial charge on any atom is -0.497 e. The van der Waals surface area contributed by atoms with Crippen molar-refractivity contribution in [2.75, 3.05) is 40.5 Å². The van der Waals surface area contributed by atoms with Gasteiger partial charge in [0.25, 0.3) is 0 Å². The molecule has 1 fully saturated rings. The Morgan fingerprint density at radius 2 is 2.00 bits per heavy atom. The van der Waals surface area contributed by atoms with Crippen molar-refractivity contribution in [3.63, 3.8) is 0 Å². The Kier molecular flexibility index (Phi) is 5.90. The van der Waals surface area contributed by atoms with Gasteiger partial charge in [0.05, 0.1) is 13.7 Å². The lowest BCUT2D eigenvalue weighted by Gasteiger charge is -2.28. The lowest BCUT2D eigenvalue weighted by atomic mass is 10.0. The lowest BCUT2D eigenvalue weighted by molar-refractivity contribution is -0.131. The average molecular weight is 396 g/mol. The van der Waals surface area contributed by atoms with Crippen molar-refractivity contribution in [3.8, 4) is 17.2 Å². The number of likely N-dealkylation sites (tertiary alicyclic amines) is 1. The number of benzene rings is 2. The largest absolute Gasteiger partial charge is 0.497 e. The van der Waals surface area contributed by atoms with E-state index < -0.39 is 0 Å². The van der Waals surface area contributed by atoms with Crippen LogP contribution in [0.4, 0.5) is 0 Å². The van der Waals surface area contributed by atoms with Crippen LogP contribution in [0.25, 0.3) is 0 Å². The molecule has 6 nitrogen and oxygen atoms in total. The maximum atomic E-state index is 12.9. The van der Waals surface area contributed by atoms with Gasteiger partial charge in [-0.15, -0.1) is 0 Å². The van der Waals surface area contributed by atoms with Crippen LogP contribution in [0, 0.1) is 0 Å². The zero-order chi connectivity index (χ0) is 20.2. The maximum absolute atomic E-state index is 12.9. The van der Waals surface area contributed by atoms with Gasteiger partial charge in [-0.2, -0.15) is 0 Å². The SMILES string of the molecule is COc1cccc(CN(C)C(=O)CN2CCCC2c2ccc3c(c2)OCCO3)c1. The third-order valence-corrected chi connectivity index (χ3v) is 5.63. The first-order valence-electron chi connectivity index (χ1n) is 10.1. The van der Waals surface area contributed by atoms with Crippen LogP contribution in [0.1, 0.15) is 30.0 Å². The number of likely N-dealkylation sites (N-methyl/N-ethyl adjacent to an activating group) is 1. The fraction of sp³-hybridized carbons (Fsp3) is 0.435. The molecule has 2 aromatic carbocycles. The van der Waals surface area contributed by atoms with Crippen molar-refractivity contribution in [2.45, 2.75) is 25.4 Å². The summed E-state index contributed by atoms with van der Waals surface area (Å²) in [6, 6.07) is 14.2. The van der Waals surface area contributed by atoms with Crippen LogP contribution in [-0.2, 0) is 11.3 Å². The van der Waals surface area contributed by atoms with Gasteiger partial charge in [0.15, 0.2) is 11.5 Å². The molecule has 6 heteroatoms. The van der Waals surface area contributed by atoms with Gasteiger partial charge < -0.3 is 19.1 Å². The van der Waals surface area contributed by atoms with Gasteiger partial charge in [-0.1, -0.05) is 18.2 Å². The van der Waals surface area contributed by atoms with E-state index in [-0.39, 0.29) is 11.9 Å². The van der Waals surface area contributed by atoms with Crippen molar-refractivity contribution in [2.24, 2.45) is 0 Å². The summed E-state index contributed by atoms with van der Waals surface area (Å²) in [4.78, 5) is 16.9. The Morgan fingerprint density at radius 3 is 2.83 bits per heavy atom. The second-order valence-electron chi connectivity index (χ2n) is 7.63. The van der Waals surface area contributed by atoms with E-state index in [1.165, 1.54) is 5.56 Å². The molecule has 4 rings (SSSR count). The molecule has 2 aliphatic rings. The van der Waals surface area contributed by atoms with Crippen molar-refractivity contribution in [1.29, 1.82) is 0 Å². The monoisotopic (exact) mass is 396 g/mol. The van der Waals surface area contributed by atoms with E-state index in [9.17, 15) is 4.79 Å². The summed E-state index contributed by atoms with van der Waals surface area (Å²) in [7, 11) is 3.51. The molecule has 1 unspecified atom stereocenters. The molecule has 2 heterocycles. The number of rotatable bonds is 6. The van der Waals surface area contributed by atoms with Crippen LogP contribution in [0.2, 0.25) is 0 Å². The maximum Gasteiger partial charge on any atom is 0.236 e. The second-order valence-corrected chi connectivity index (χ2v) is 7.63. The Balaban J connectivity index is 1.40. The Labute approximate surface area is 172 Å². The van der Waals surface area contributed by atoms with E-state index in [0.717, 1.165) is 42.2 Å². The van der Waals surface area contributed by atoms with Gasteiger partial charge in [0.2, 0.25) is 5.91 Å². The molecule has 29 heavy (non-hydrogen) atoms. The topological polar surface area (TPSA) is 51.2 Å². The molecule has 0 spiro atoms. The molecule has 0 N–H and O–H groups in total. The molecular formula is C23H28N2O4. The fourth-order valence-corrected chi connectivity index (χ4v) is 4.09. The number of carbonyl (C=O) groups excluding carboxylic acids is 1. The van der Waals surface area contributed by atoms with Crippen LogP contribution in [0.3, 0.4) is 0 Å². The van der Waals surface area contributed by atoms with Crippen molar-refractivity contribution in [1.82, 2.24) is 9.80 Å². The third kappa shape index (κ3) is 4.48. The quantitative estimate of drug-likeness (QED) is 0.750. The van der Waals surface area contributed by atoms with E-state index in [1.54, 1.807) is 12.0 Å². The molecule has 0 radical (unpaired) electrons. The first-order valence-corrected chi connectivity index (χ1v) is 10.1. The number of hydrogen-bond acceptors (Lipinski definition) is 5. The Bertz CT molecular complexity index is 870. The summed E-state index contributed by atoms with van der Waals surface area (Å²) in [5.41, 5.74) is 2.25. The second kappa shape index (κ2) is 8.74. The minimum atomic E-state index is 0.122. The van der Waals surface area contributed by atoms with Crippen molar-refractivity contribution >= 4 is 5.91 Å². The van der Waals surface area contributed by atoms with Crippen LogP contribution < -0.4 is 14.2 Å². The molecule has 0 aromatic heterocycles. The summed E-state index contributed by atoms with van der Waals surface area (Å²) < 4.78 is 16.6. The number of fused-ring (bicyclic) bond motifs is 1. The van der Waals surface area contributed by atoms with Crippen LogP contribution in [0.5, 0.6) is 17.2 Å². The van der Waals surface area contributed by atoms with Gasteiger partial charge in [-0.25, -0.2) is 0 Å². The third-order valence-electron chi connectivity index (χ3n) is 5.63. The molecular weight excluding hydrogens is 368 g/mol. The first kappa shape index (κ1) is 19.6. The molecule has 0 bridgehead atoms. The molecule has 154 valence electrons. The summed E-state index contributed by atoms with van der Waals surface area (Å²) in [6.07, 6.45) is 2.14. The van der Waals surface area contributed by atoms with Crippen LogP contribution >= 0.6 is 0 Å². The van der Waals surface area contributed by atoms with Crippen LogP contribution in [0.15, 0.2) is 42.5 Å². The Morgan fingerprint density at radius 1 is 1.17 bits per heavy atom. The molecule has 2 aliphatic heterocycles. The average Bonchev–Trinajstić information content (AvgIpc) is 3.21. The number of carbonyl (C=O) groups is 1. The molecule has 0 aliphatic carbocycles. The summed E-state index contributed by atoms with van der Waals surface area (Å²) in [5.74, 6) is 2.54. The predicted octanol–water partition coefficient (Wildman–Crippen LogP) is 3.26.